The molecule has 0 N–H and O–H groups in total. The second-order valence-electron chi connectivity index (χ2n) is 3.24. The van der Waals surface area contributed by atoms with Gasteiger partial charge in [-0.15, -0.1) is 0 Å². The van der Waals surface area contributed by atoms with E-state index in [1.807, 2.05) is 23.6 Å². The molecule has 4 nitrogen and oxygen atoms in total. The highest BCUT2D eigenvalue weighted by atomic mass is 16.5. The van der Waals surface area contributed by atoms with Crippen LogP contribution in [0.1, 0.15) is 23.0 Å². The molecule has 0 bridgehead atoms. The number of fused-ring (bicyclic) bond motifs is 1. The third-order valence-corrected chi connectivity index (χ3v) is 2.22. The first-order chi connectivity index (χ1) is 7.24. The van der Waals surface area contributed by atoms with Crippen LogP contribution in [0.25, 0.3) is 5.65 Å². The van der Waals surface area contributed by atoms with Crippen molar-refractivity contribution in [3.05, 3.63) is 35.8 Å². The van der Waals surface area contributed by atoms with Crippen molar-refractivity contribution >= 4 is 11.6 Å². The second kappa shape index (κ2) is 3.73. The fourth-order valence-corrected chi connectivity index (χ4v) is 1.50. The van der Waals surface area contributed by atoms with Crippen LogP contribution in [0.3, 0.4) is 0 Å². The van der Waals surface area contributed by atoms with Crippen molar-refractivity contribution in [2.45, 2.75) is 13.8 Å². The molecule has 0 aromatic carbocycles. The Hall–Kier alpha value is -1.84. The summed E-state index contributed by atoms with van der Waals surface area (Å²) < 4.78 is 6.82. The number of pyridine rings is 1. The summed E-state index contributed by atoms with van der Waals surface area (Å²) >= 11 is 0. The van der Waals surface area contributed by atoms with Gasteiger partial charge < -0.3 is 9.14 Å². The highest BCUT2D eigenvalue weighted by molar-refractivity contribution is 5.95. The predicted octanol–water partition coefficient (Wildman–Crippen LogP) is 1.82. The lowest BCUT2D eigenvalue weighted by molar-refractivity contribution is 0.0528. The molecule has 2 aromatic rings. The number of nitrogens with zero attached hydrogens (tertiary/aromatic N) is 2. The molecule has 0 fully saturated rings. The van der Waals surface area contributed by atoms with E-state index in [4.69, 9.17) is 4.74 Å². The minimum Gasteiger partial charge on any atom is -0.462 e. The molecule has 0 radical (unpaired) electrons. The average molecular weight is 204 g/mol. The molecule has 0 saturated carbocycles. The van der Waals surface area contributed by atoms with Gasteiger partial charge in [-0.25, -0.2) is 9.78 Å². The van der Waals surface area contributed by atoms with Crippen LogP contribution >= 0.6 is 0 Å². The summed E-state index contributed by atoms with van der Waals surface area (Å²) in [6.07, 6.45) is 3.61. The van der Waals surface area contributed by atoms with Gasteiger partial charge in [0.25, 0.3) is 0 Å². The van der Waals surface area contributed by atoms with Gasteiger partial charge in [-0.05, 0) is 26.0 Å². The molecule has 4 heteroatoms. The van der Waals surface area contributed by atoms with Crippen molar-refractivity contribution in [1.82, 2.24) is 9.38 Å². The Bertz CT molecular complexity index is 502. The number of rotatable bonds is 2. The van der Waals surface area contributed by atoms with Gasteiger partial charge in [0, 0.05) is 18.1 Å². The minimum atomic E-state index is -0.325. The normalized spacial score (nSPS) is 10.5. The first-order valence-corrected chi connectivity index (χ1v) is 4.84. The van der Waals surface area contributed by atoms with Gasteiger partial charge in [0.2, 0.25) is 0 Å². The SMILES string of the molecule is CCOC(=O)c1cccn2c(C)cnc12. The summed E-state index contributed by atoms with van der Waals surface area (Å²) in [6.45, 7) is 4.10. The highest BCUT2D eigenvalue weighted by Crippen LogP contribution is 2.12. The van der Waals surface area contributed by atoms with Crippen molar-refractivity contribution < 1.29 is 9.53 Å². The number of hydrogen-bond acceptors (Lipinski definition) is 3. The lowest BCUT2D eigenvalue weighted by Crippen LogP contribution is -2.06. The van der Waals surface area contributed by atoms with Crippen molar-refractivity contribution in [3.8, 4) is 0 Å². The van der Waals surface area contributed by atoms with Crippen LogP contribution < -0.4 is 0 Å². The molecule has 2 aromatic heterocycles. The van der Waals surface area contributed by atoms with Crippen LogP contribution in [-0.4, -0.2) is 22.0 Å². The zero-order valence-electron chi connectivity index (χ0n) is 8.73. The first kappa shape index (κ1) is 9.71. The van der Waals surface area contributed by atoms with Gasteiger partial charge in [0.15, 0.2) is 5.65 Å². The Kier molecular flexibility index (Phi) is 2.41. The third kappa shape index (κ3) is 1.58. The van der Waals surface area contributed by atoms with Gasteiger partial charge in [-0.1, -0.05) is 0 Å². The molecular weight excluding hydrogens is 192 g/mol. The van der Waals surface area contributed by atoms with E-state index in [0.717, 1.165) is 5.69 Å². The Morgan fingerprint density at radius 3 is 3.13 bits per heavy atom. The Morgan fingerprint density at radius 1 is 1.60 bits per heavy atom. The van der Waals surface area contributed by atoms with E-state index in [2.05, 4.69) is 4.98 Å². The maximum atomic E-state index is 11.6. The molecule has 0 aliphatic carbocycles. The van der Waals surface area contributed by atoms with Crippen LogP contribution in [0.2, 0.25) is 0 Å². The van der Waals surface area contributed by atoms with E-state index in [1.165, 1.54) is 0 Å². The fraction of sp³-hybridized carbons (Fsp3) is 0.273. The molecule has 2 heterocycles. The Morgan fingerprint density at radius 2 is 2.40 bits per heavy atom. The monoisotopic (exact) mass is 204 g/mol. The number of ether oxygens (including phenoxy) is 1. The number of imidazole rings is 1. The van der Waals surface area contributed by atoms with Gasteiger partial charge in [0.1, 0.15) is 5.56 Å². The van der Waals surface area contributed by atoms with Gasteiger partial charge in [-0.2, -0.15) is 0 Å². The smallest absolute Gasteiger partial charge is 0.341 e. The van der Waals surface area contributed by atoms with E-state index in [0.29, 0.717) is 17.8 Å². The second-order valence-corrected chi connectivity index (χ2v) is 3.24. The summed E-state index contributed by atoms with van der Waals surface area (Å²) in [4.78, 5) is 15.8. The van der Waals surface area contributed by atoms with E-state index in [9.17, 15) is 4.79 Å². The molecule has 78 valence electrons. The number of carbonyl (C=O) groups excluding carboxylic acids is 1. The van der Waals surface area contributed by atoms with Gasteiger partial charge in [-0.3, -0.25) is 0 Å². The van der Waals surface area contributed by atoms with E-state index < -0.39 is 0 Å². The standard InChI is InChI=1S/C11H12N2O2/c1-3-15-11(14)9-5-4-6-13-8(2)7-12-10(9)13/h4-7H,3H2,1-2H3. The summed E-state index contributed by atoms with van der Waals surface area (Å²) in [5.41, 5.74) is 2.15. The van der Waals surface area contributed by atoms with Gasteiger partial charge in [0.05, 0.1) is 6.61 Å². The number of esters is 1. The molecule has 2 rings (SSSR count). The van der Waals surface area contributed by atoms with Crippen LogP contribution in [0.15, 0.2) is 24.5 Å². The lowest BCUT2D eigenvalue weighted by atomic mass is 10.3. The molecular formula is C11H12N2O2. The Labute approximate surface area is 87.5 Å². The van der Waals surface area contributed by atoms with Crippen LogP contribution in [0.4, 0.5) is 0 Å². The number of aromatic nitrogens is 2. The molecule has 0 saturated heterocycles. The zero-order valence-corrected chi connectivity index (χ0v) is 8.73. The van der Waals surface area contributed by atoms with Crippen LogP contribution in [0, 0.1) is 6.92 Å². The largest absolute Gasteiger partial charge is 0.462 e. The predicted molar refractivity (Wildman–Crippen MR) is 55.9 cm³/mol. The molecule has 0 aliphatic rings. The topological polar surface area (TPSA) is 43.6 Å². The van der Waals surface area contributed by atoms with Crippen LogP contribution in [-0.2, 0) is 4.74 Å². The average Bonchev–Trinajstić information content (AvgIpc) is 2.61. The Balaban J connectivity index is 2.56. The quantitative estimate of drug-likeness (QED) is 0.701. The number of carbonyl (C=O) groups is 1. The molecule has 0 unspecified atom stereocenters. The maximum absolute atomic E-state index is 11.6. The lowest BCUT2D eigenvalue weighted by Gasteiger charge is -2.03. The van der Waals surface area contributed by atoms with Crippen molar-refractivity contribution in [2.24, 2.45) is 0 Å². The fourth-order valence-electron chi connectivity index (χ4n) is 1.50. The molecule has 0 atom stereocenters. The van der Waals surface area contributed by atoms with E-state index >= 15 is 0 Å². The molecule has 0 aliphatic heterocycles. The summed E-state index contributed by atoms with van der Waals surface area (Å²) in [6, 6.07) is 3.54. The van der Waals surface area contributed by atoms with Crippen LogP contribution in [0.5, 0.6) is 0 Å². The zero-order chi connectivity index (χ0) is 10.8. The van der Waals surface area contributed by atoms with Crippen molar-refractivity contribution in [3.63, 3.8) is 0 Å². The van der Waals surface area contributed by atoms with E-state index in [-0.39, 0.29) is 5.97 Å². The minimum absolute atomic E-state index is 0.325. The summed E-state index contributed by atoms with van der Waals surface area (Å²) in [7, 11) is 0. The molecule has 0 amide bonds. The third-order valence-electron chi connectivity index (χ3n) is 2.22. The summed E-state index contributed by atoms with van der Waals surface area (Å²) in [5, 5.41) is 0. The van der Waals surface area contributed by atoms with Crippen molar-refractivity contribution in [1.29, 1.82) is 0 Å². The van der Waals surface area contributed by atoms with Crippen molar-refractivity contribution in [2.75, 3.05) is 6.61 Å². The highest BCUT2D eigenvalue weighted by Gasteiger charge is 2.12. The number of hydrogen-bond donors (Lipinski definition) is 0. The number of aryl methyl sites for hydroxylation is 1. The molecule has 0 spiro atoms. The van der Waals surface area contributed by atoms with E-state index in [1.54, 1.807) is 19.2 Å². The first-order valence-electron chi connectivity index (χ1n) is 4.84. The maximum Gasteiger partial charge on any atom is 0.341 e. The summed E-state index contributed by atoms with van der Waals surface area (Å²) in [5.74, 6) is -0.325. The van der Waals surface area contributed by atoms with Gasteiger partial charge >= 0.3 is 5.97 Å². The molecule has 15 heavy (non-hydrogen) atoms.